The van der Waals surface area contributed by atoms with Crippen LogP contribution in [0.5, 0.6) is 5.75 Å². The molecule has 1 aromatic carbocycles. The highest BCUT2D eigenvalue weighted by molar-refractivity contribution is 6.30. The van der Waals surface area contributed by atoms with E-state index in [2.05, 4.69) is 10.1 Å². The van der Waals surface area contributed by atoms with Gasteiger partial charge in [0.15, 0.2) is 17.1 Å². The molecule has 1 aliphatic rings. The number of hydrogen-bond acceptors (Lipinski definition) is 6. The first-order chi connectivity index (χ1) is 13.6. The van der Waals surface area contributed by atoms with Gasteiger partial charge in [-0.25, -0.2) is 4.79 Å². The zero-order chi connectivity index (χ0) is 19.5. The van der Waals surface area contributed by atoms with E-state index in [1.807, 2.05) is 17.0 Å². The van der Waals surface area contributed by atoms with Crippen molar-refractivity contribution in [3.8, 4) is 17.1 Å². The largest absolute Gasteiger partial charge is 0.490 e. The van der Waals surface area contributed by atoms with Gasteiger partial charge in [-0.2, -0.15) is 0 Å². The average Bonchev–Trinajstić information content (AvgIpc) is 3.15. The minimum absolute atomic E-state index is 0.0644. The van der Waals surface area contributed by atoms with Crippen molar-refractivity contribution in [1.29, 1.82) is 0 Å². The first kappa shape index (κ1) is 18.3. The molecule has 144 valence electrons. The van der Waals surface area contributed by atoms with E-state index in [9.17, 15) is 9.90 Å². The Kier molecular flexibility index (Phi) is 5.16. The van der Waals surface area contributed by atoms with E-state index in [-0.39, 0.29) is 17.4 Å². The van der Waals surface area contributed by atoms with Gasteiger partial charge >= 0.3 is 5.97 Å². The standard InChI is InChI=1S/C20H18ClN3O4/c21-14-3-1-13(2-4-14)18-17(20(25)26)19(23-28-18)24-11-7-16(8-12-24)27-15-5-9-22-10-6-15/h1-6,9-10,16H,7-8,11-12H2,(H,25,26). The van der Waals surface area contributed by atoms with E-state index in [0.717, 1.165) is 18.6 Å². The van der Waals surface area contributed by atoms with E-state index in [0.29, 0.717) is 29.5 Å². The van der Waals surface area contributed by atoms with Crippen LogP contribution >= 0.6 is 11.6 Å². The fourth-order valence-corrected chi connectivity index (χ4v) is 3.41. The first-order valence-electron chi connectivity index (χ1n) is 8.92. The molecule has 0 amide bonds. The van der Waals surface area contributed by atoms with Crippen LogP contribution in [-0.2, 0) is 0 Å². The summed E-state index contributed by atoms with van der Waals surface area (Å²) in [4.78, 5) is 17.8. The molecule has 3 aromatic rings. The molecular formula is C20H18ClN3O4. The summed E-state index contributed by atoms with van der Waals surface area (Å²) in [6.45, 7) is 1.26. The number of rotatable bonds is 5. The van der Waals surface area contributed by atoms with Crippen LogP contribution in [-0.4, -0.2) is 40.4 Å². The number of aromatic carboxylic acids is 1. The third kappa shape index (κ3) is 3.80. The highest BCUT2D eigenvalue weighted by Gasteiger charge is 2.30. The van der Waals surface area contributed by atoms with Gasteiger partial charge in [-0.05, 0) is 36.4 Å². The summed E-state index contributed by atoms with van der Waals surface area (Å²) in [6, 6.07) is 10.5. The topological polar surface area (TPSA) is 88.7 Å². The minimum Gasteiger partial charge on any atom is -0.490 e. The molecule has 2 aromatic heterocycles. The lowest BCUT2D eigenvalue weighted by Gasteiger charge is -2.32. The molecule has 7 nitrogen and oxygen atoms in total. The fourth-order valence-electron chi connectivity index (χ4n) is 3.28. The summed E-state index contributed by atoms with van der Waals surface area (Å²) in [5.74, 6) is 0.289. The Morgan fingerprint density at radius 3 is 2.46 bits per heavy atom. The summed E-state index contributed by atoms with van der Waals surface area (Å²) < 4.78 is 11.4. The monoisotopic (exact) mass is 399 g/mol. The lowest BCUT2D eigenvalue weighted by molar-refractivity contribution is 0.0697. The van der Waals surface area contributed by atoms with Crippen molar-refractivity contribution in [1.82, 2.24) is 10.1 Å². The summed E-state index contributed by atoms with van der Waals surface area (Å²) >= 11 is 5.91. The molecule has 0 spiro atoms. The number of anilines is 1. The molecule has 1 fully saturated rings. The zero-order valence-electron chi connectivity index (χ0n) is 14.9. The van der Waals surface area contributed by atoms with Crippen LogP contribution in [0.1, 0.15) is 23.2 Å². The van der Waals surface area contributed by atoms with Crippen LogP contribution in [0.2, 0.25) is 5.02 Å². The molecule has 0 aliphatic carbocycles. The average molecular weight is 400 g/mol. The Balaban J connectivity index is 1.51. The van der Waals surface area contributed by atoms with Crippen molar-refractivity contribution in [2.45, 2.75) is 18.9 Å². The van der Waals surface area contributed by atoms with E-state index in [1.165, 1.54) is 0 Å². The summed E-state index contributed by atoms with van der Waals surface area (Å²) in [6.07, 6.45) is 4.96. The molecule has 4 rings (SSSR count). The van der Waals surface area contributed by atoms with Crippen molar-refractivity contribution < 1.29 is 19.2 Å². The molecule has 0 bridgehead atoms. The first-order valence-corrected chi connectivity index (χ1v) is 9.30. The summed E-state index contributed by atoms with van der Waals surface area (Å²) in [5, 5.41) is 14.4. The molecule has 28 heavy (non-hydrogen) atoms. The van der Waals surface area contributed by atoms with Gasteiger partial charge < -0.3 is 19.3 Å². The van der Waals surface area contributed by atoms with Crippen LogP contribution in [0.25, 0.3) is 11.3 Å². The molecule has 0 atom stereocenters. The van der Waals surface area contributed by atoms with Crippen LogP contribution < -0.4 is 9.64 Å². The van der Waals surface area contributed by atoms with Gasteiger partial charge in [-0.1, -0.05) is 16.8 Å². The van der Waals surface area contributed by atoms with Crippen molar-refractivity contribution in [2.24, 2.45) is 0 Å². The number of halogens is 1. The Morgan fingerprint density at radius 2 is 1.82 bits per heavy atom. The van der Waals surface area contributed by atoms with Crippen LogP contribution in [0.4, 0.5) is 5.82 Å². The van der Waals surface area contributed by atoms with E-state index < -0.39 is 5.97 Å². The number of carboxylic acid groups (broad SMARTS) is 1. The maximum atomic E-state index is 11.9. The molecule has 3 heterocycles. The Labute approximate surface area is 166 Å². The maximum absolute atomic E-state index is 11.9. The molecule has 0 radical (unpaired) electrons. The highest BCUT2D eigenvalue weighted by Crippen LogP contribution is 2.33. The number of hydrogen-bond donors (Lipinski definition) is 1. The van der Waals surface area contributed by atoms with Crippen LogP contribution in [0, 0.1) is 0 Å². The Bertz CT molecular complexity index is 951. The Hall–Kier alpha value is -3.06. The predicted octanol–water partition coefficient (Wildman–Crippen LogP) is 4.14. The lowest BCUT2D eigenvalue weighted by atomic mass is 10.1. The van der Waals surface area contributed by atoms with Gasteiger partial charge in [0.05, 0.1) is 0 Å². The molecule has 0 saturated carbocycles. The number of benzene rings is 1. The highest BCUT2D eigenvalue weighted by atomic mass is 35.5. The number of carboxylic acids is 1. The third-order valence-electron chi connectivity index (χ3n) is 4.69. The van der Waals surface area contributed by atoms with Crippen LogP contribution in [0.15, 0.2) is 53.3 Å². The summed E-state index contributed by atoms with van der Waals surface area (Å²) in [7, 11) is 0. The second-order valence-electron chi connectivity index (χ2n) is 6.51. The van der Waals surface area contributed by atoms with E-state index >= 15 is 0 Å². The minimum atomic E-state index is -1.07. The molecular weight excluding hydrogens is 382 g/mol. The zero-order valence-corrected chi connectivity index (χ0v) is 15.7. The van der Waals surface area contributed by atoms with E-state index in [4.69, 9.17) is 20.9 Å². The number of aromatic nitrogens is 2. The second-order valence-corrected chi connectivity index (χ2v) is 6.95. The lowest BCUT2D eigenvalue weighted by Crippen LogP contribution is -2.39. The van der Waals surface area contributed by atoms with Gasteiger partial charge in [0.25, 0.3) is 0 Å². The molecule has 1 N–H and O–H groups in total. The predicted molar refractivity (Wildman–Crippen MR) is 104 cm³/mol. The maximum Gasteiger partial charge on any atom is 0.343 e. The second kappa shape index (κ2) is 7.90. The van der Waals surface area contributed by atoms with Crippen molar-refractivity contribution >= 4 is 23.4 Å². The number of piperidine rings is 1. The third-order valence-corrected chi connectivity index (χ3v) is 4.94. The quantitative estimate of drug-likeness (QED) is 0.689. The van der Waals surface area contributed by atoms with Gasteiger partial charge in [0.1, 0.15) is 11.9 Å². The molecule has 8 heteroatoms. The van der Waals surface area contributed by atoms with Gasteiger partial charge in [-0.15, -0.1) is 0 Å². The van der Waals surface area contributed by atoms with Crippen LogP contribution in [0.3, 0.4) is 0 Å². The van der Waals surface area contributed by atoms with Crippen molar-refractivity contribution in [3.05, 3.63) is 59.4 Å². The Morgan fingerprint density at radius 1 is 1.14 bits per heavy atom. The van der Waals surface area contributed by atoms with Gasteiger partial charge in [0, 0.05) is 48.9 Å². The SMILES string of the molecule is O=C(O)c1c(N2CCC(Oc3ccncc3)CC2)noc1-c1ccc(Cl)cc1. The molecule has 1 aliphatic heterocycles. The van der Waals surface area contributed by atoms with E-state index in [1.54, 1.807) is 36.7 Å². The normalized spacial score (nSPS) is 14.8. The number of carbonyl (C=O) groups is 1. The number of ether oxygens (including phenoxy) is 1. The van der Waals surface area contributed by atoms with Crippen molar-refractivity contribution in [2.75, 3.05) is 18.0 Å². The van der Waals surface area contributed by atoms with Gasteiger partial charge in [0.2, 0.25) is 0 Å². The summed E-state index contributed by atoms with van der Waals surface area (Å²) in [5.41, 5.74) is 0.687. The fraction of sp³-hybridized carbons (Fsp3) is 0.250. The molecule has 0 unspecified atom stereocenters. The van der Waals surface area contributed by atoms with Crippen molar-refractivity contribution in [3.63, 3.8) is 0 Å². The number of pyridine rings is 1. The van der Waals surface area contributed by atoms with Gasteiger partial charge in [-0.3, -0.25) is 4.98 Å². The molecule has 1 saturated heterocycles. The number of nitrogens with zero attached hydrogens (tertiary/aromatic N) is 3. The smallest absolute Gasteiger partial charge is 0.343 e.